The monoisotopic (exact) mass is 357 g/mol. The zero-order chi connectivity index (χ0) is 18.8. The molecule has 0 spiro atoms. The molecule has 8 nitrogen and oxygen atoms in total. The van der Waals surface area contributed by atoms with Crippen molar-refractivity contribution in [1.82, 2.24) is 0 Å². The Hall–Kier alpha value is -3.42. The van der Waals surface area contributed by atoms with Gasteiger partial charge in [-0.05, 0) is 18.2 Å². The van der Waals surface area contributed by atoms with E-state index in [1.54, 1.807) is 12.1 Å². The van der Waals surface area contributed by atoms with Crippen LogP contribution in [0.25, 0.3) is 0 Å². The topological polar surface area (TPSA) is 105 Å². The minimum Gasteiger partial charge on any atom is -0.493 e. The third-order valence-corrected chi connectivity index (χ3v) is 4.15. The highest BCUT2D eigenvalue weighted by atomic mass is 16.6. The standard InChI is InChI=1S/C18H15NO7/c1-24-14-8-7-12-15(26-18(21)16(12)17(14)25-2)9-13(20)10-3-5-11(6-4-10)19(22)23/h3-8,15H,9H2,1-2H3. The van der Waals surface area contributed by atoms with Gasteiger partial charge in [-0.15, -0.1) is 0 Å². The van der Waals surface area contributed by atoms with Crippen LogP contribution in [0, 0.1) is 10.1 Å². The molecule has 1 unspecified atom stereocenters. The second-order valence-corrected chi connectivity index (χ2v) is 5.59. The van der Waals surface area contributed by atoms with E-state index >= 15 is 0 Å². The van der Waals surface area contributed by atoms with Crippen LogP contribution in [0.1, 0.15) is 38.8 Å². The molecule has 0 aliphatic carbocycles. The smallest absolute Gasteiger partial charge is 0.343 e. The van der Waals surface area contributed by atoms with Gasteiger partial charge in [0, 0.05) is 23.3 Å². The van der Waals surface area contributed by atoms with E-state index in [9.17, 15) is 19.7 Å². The number of hydrogen-bond donors (Lipinski definition) is 0. The summed E-state index contributed by atoms with van der Waals surface area (Å²) >= 11 is 0. The van der Waals surface area contributed by atoms with Crippen molar-refractivity contribution in [2.24, 2.45) is 0 Å². The van der Waals surface area contributed by atoms with Crippen LogP contribution in [0.3, 0.4) is 0 Å². The molecule has 0 radical (unpaired) electrons. The van der Waals surface area contributed by atoms with E-state index in [1.165, 1.54) is 38.5 Å². The first-order chi connectivity index (χ1) is 12.5. The minimum atomic E-state index is -0.750. The predicted molar refractivity (Wildman–Crippen MR) is 89.7 cm³/mol. The van der Waals surface area contributed by atoms with Crippen LogP contribution < -0.4 is 9.47 Å². The van der Waals surface area contributed by atoms with E-state index in [1.807, 2.05) is 0 Å². The van der Waals surface area contributed by atoms with Crippen molar-refractivity contribution in [1.29, 1.82) is 0 Å². The first-order valence-electron chi connectivity index (χ1n) is 7.69. The summed E-state index contributed by atoms with van der Waals surface area (Å²) in [4.78, 5) is 34.8. The summed E-state index contributed by atoms with van der Waals surface area (Å²) in [7, 11) is 2.88. The van der Waals surface area contributed by atoms with E-state index in [-0.39, 0.29) is 29.2 Å². The predicted octanol–water partition coefficient (Wildman–Crippen LogP) is 3.10. The first kappa shape index (κ1) is 17.4. The van der Waals surface area contributed by atoms with Gasteiger partial charge in [-0.3, -0.25) is 14.9 Å². The van der Waals surface area contributed by atoms with Crippen molar-refractivity contribution in [3.63, 3.8) is 0 Å². The fourth-order valence-electron chi connectivity index (χ4n) is 2.88. The summed E-state index contributed by atoms with van der Waals surface area (Å²) in [6.07, 6.45) is -0.827. The number of Topliss-reactive ketones (excluding diaryl/α,β-unsaturated/α-hetero) is 1. The van der Waals surface area contributed by atoms with E-state index < -0.39 is 17.0 Å². The molecule has 3 rings (SSSR count). The molecular formula is C18H15NO7. The highest BCUT2D eigenvalue weighted by Gasteiger charge is 2.37. The van der Waals surface area contributed by atoms with Crippen LogP contribution in [-0.2, 0) is 4.74 Å². The molecule has 1 aliphatic rings. The lowest BCUT2D eigenvalue weighted by molar-refractivity contribution is -0.384. The Morgan fingerprint density at radius 2 is 1.85 bits per heavy atom. The molecule has 2 aromatic carbocycles. The molecule has 2 aromatic rings. The third kappa shape index (κ3) is 2.97. The Bertz CT molecular complexity index is 889. The number of ketones is 1. The molecule has 0 amide bonds. The second-order valence-electron chi connectivity index (χ2n) is 5.59. The molecule has 0 bridgehead atoms. The largest absolute Gasteiger partial charge is 0.493 e. The number of ether oxygens (including phenoxy) is 3. The maximum absolute atomic E-state index is 12.5. The fourth-order valence-corrected chi connectivity index (χ4v) is 2.88. The fraction of sp³-hybridized carbons (Fsp3) is 0.222. The SMILES string of the molecule is COc1ccc2c(c1OC)C(=O)OC2CC(=O)c1ccc([N+](=O)[O-])cc1. The zero-order valence-corrected chi connectivity index (χ0v) is 14.1. The van der Waals surface area contributed by atoms with Crippen LogP contribution in [-0.4, -0.2) is 30.9 Å². The third-order valence-electron chi connectivity index (χ3n) is 4.15. The minimum absolute atomic E-state index is 0.0773. The molecule has 0 saturated heterocycles. The highest BCUT2D eigenvalue weighted by Crippen LogP contribution is 2.43. The molecule has 0 aromatic heterocycles. The Balaban J connectivity index is 1.86. The van der Waals surface area contributed by atoms with E-state index in [4.69, 9.17) is 14.2 Å². The molecule has 1 aliphatic heterocycles. The molecular weight excluding hydrogens is 342 g/mol. The van der Waals surface area contributed by atoms with Gasteiger partial charge >= 0.3 is 5.97 Å². The van der Waals surface area contributed by atoms with Crippen molar-refractivity contribution in [3.05, 3.63) is 63.2 Å². The molecule has 134 valence electrons. The number of hydrogen-bond acceptors (Lipinski definition) is 7. The summed E-state index contributed by atoms with van der Waals surface area (Å²) in [6, 6.07) is 8.59. The van der Waals surface area contributed by atoms with Crippen molar-refractivity contribution in [2.45, 2.75) is 12.5 Å². The summed E-state index contributed by atoms with van der Waals surface area (Å²) in [5, 5.41) is 10.7. The summed E-state index contributed by atoms with van der Waals surface area (Å²) in [6.45, 7) is 0. The van der Waals surface area contributed by atoms with Crippen LogP contribution in [0.15, 0.2) is 36.4 Å². The van der Waals surface area contributed by atoms with Crippen LogP contribution >= 0.6 is 0 Å². The molecule has 26 heavy (non-hydrogen) atoms. The van der Waals surface area contributed by atoms with Crippen LogP contribution in [0.4, 0.5) is 5.69 Å². The second kappa shape index (κ2) is 6.83. The number of nitro benzene ring substituents is 1. The summed E-state index contributed by atoms with van der Waals surface area (Å²) in [5.74, 6) is -0.219. The number of fused-ring (bicyclic) bond motifs is 1. The Morgan fingerprint density at radius 3 is 2.42 bits per heavy atom. The summed E-state index contributed by atoms with van der Waals surface area (Å²) in [5.41, 5.74) is 0.993. The lowest BCUT2D eigenvalue weighted by Gasteiger charge is -2.12. The average Bonchev–Trinajstić information content (AvgIpc) is 2.96. The number of esters is 1. The van der Waals surface area contributed by atoms with Gasteiger partial charge in [0.05, 0.1) is 25.6 Å². The van der Waals surface area contributed by atoms with Gasteiger partial charge in [0.2, 0.25) is 0 Å². The van der Waals surface area contributed by atoms with Crippen molar-refractivity contribution in [3.8, 4) is 11.5 Å². The Kier molecular flexibility index (Phi) is 4.57. The van der Waals surface area contributed by atoms with Gasteiger partial charge in [-0.1, -0.05) is 6.07 Å². The maximum atomic E-state index is 12.5. The Morgan fingerprint density at radius 1 is 1.15 bits per heavy atom. The van der Waals surface area contributed by atoms with Crippen molar-refractivity contribution in [2.75, 3.05) is 14.2 Å². The van der Waals surface area contributed by atoms with Crippen molar-refractivity contribution < 1.29 is 28.7 Å². The molecule has 0 saturated carbocycles. The van der Waals surface area contributed by atoms with E-state index in [0.717, 1.165) is 0 Å². The van der Waals surface area contributed by atoms with E-state index in [0.29, 0.717) is 16.9 Å². The number of cyclic esters (lactones) is 1. The number of nitro groups is 1. The summed E-state index contributed by atoms with van der Waals surface area (Å²) < 4.78 is 15.7. The molecule has 1 atom stereocenters. The number of methoxy groups -OCH3 is 2. The highest BCUT2D eigenvalue weighted by molar-refractivity contribution is 6.01. The average molecular weight is 357 g/mol. The first-order valence-corrected chi connectivity index (χ1v) is 7.69. The number of carbonyl (C=O) groups excluding carboxylic acids is 2. The normalized spacial score (nSPS) is 15.2. The lowest BCUT2D eigenvalue weighted by atomic mass is 9.97. The molecule has 1 heterocycles. The van der Waals surface area contributed by atoms with Gasteiger partial charge < -0.3 is 14.2 Å². The molecule has 0 N–H and O–H groups in total. The van der Waals surface area contributed by atoms with Gasteiger partial charge in [0.1, 0.15) is 11.7 Å². The Labute approximate surface area is 148 Å². The van der Waals surface area contributed by atoms with Gasteiger partial charge in [-0.2, -0.15) is 0 Å². The quantitative estimate of drug-likeness (QED) is 0.338. The number of non-ortho nitro benzene ring substituents is 1. The maximum Gasteiger partial charge on any atom is 0.343 e. The van der Waals surface area contributed by atoms with Gasteiger partial charge in [0.25, 0.3) is 5.69 Å². The molecule has 0 fully saturated rings. The van der Waals surface area contributed by atoms with Crippen molar-refractivity contribution >= 4 is 17.4 Å². The number of rotatable bonds is 6. The lowest BCUT2D eigenvalue weighted by Crippen LogP contribution is -2.07. The van der Waals surface area contributed by atoms with Crippen LogP contribution in [0.5, 0.6) is 11.5 Å². The number of nitrogens with zero attached hydrogens (tertiary/aromatic N) is 1. The number of carbonyl (C=O) groups is 2. The van der Waals surface area contributed by atoms with Gasteiger partial charge in [-0.25, -0.2) is 4.79 Å². The van der Waals surface area contributed by atoms with Gasteiger partial charge in [0.15, 0.2) is 17.3 Å². The number of benzene rings is 2. The zero-order valence-electron chi connectivity index (χ0n) is 14.1. The molecule has 8 heteroatoms. The van der Waals surface area contributed by atoms with Crippen LogP contribution in [0.2, 0.25) is 0 Å². The van der Waals surface area contributed by atoms with E-state index in [2.05, 4.69) is 0 Å².